The summed E-state index contributed by atoms with van der Waals surface area (Å²) in [6.07, 6.45) is 0. The number of benzene rings is 2. The monoisotopic (exact) mass is 433 g/mol. The van der Waals surface area contributed by atoms with E-state index in [0.29, 0.717) is 28.5 Å². The number of ether oxygens (including phenoxy) is 1. The van der Waals surface area contributed by atoms with Crippen molar-refractivity contribution < 1.29 is 14.3 Å². The lowest BCUT2D eigenvalue weighted by Crippen LogP contribution is -2.33. The van der Waals surface area contributed by atoms with Crippen LogP contribution in [0, 0.1) is 6.92 Å². The van der Waals surface area contributed by atoms with Gasteiger partial charge in [0.15, 0.2) is 6.61 Å². The first-order chi connectivity index (χ1) is 15.3. The van der Waals surface area contributed by atoms with Crippen molar-refractivity contribution >= 4 is 39.9 Å². The van der Waals surface area contributed by atoms with E-state index in [9.17, 15) is 9.59 Å². The van der Waals surface area contributed by atoms with E-state index in [1.807, 2.05) is 54.0 Å². The van der Waals surface area contributed by atoms with Crippen LogP contribution >= 0.6 is 0 Å². The highest BCUT2D eigenvalue weighted by molar-refractivity contribution is 6.03. The Labute approximate surface area is 186 Å². The molecule has 8 heteroatoms. The van der Waals surface area contributed by atoms with Gasteiger partial charge in [-0.1, -0.05) is 30.3 Å². The van der Waals surface area contributed by atoms with Gasteiger partial charge in [0, 0.05) is 16.9 Å². The number of anilines is 1. The molecule has 1 amide bonds. The summed E-state index contributed by atoms with van der Waals surface area (Å²) in [6.45, 7) is 4.86. The maximum Gasteiger partial charge on any atom is 0.326 e. The summed E-state index contributed by atoms with van der Waals surface area (Å²) in [7, 11) is 0. The van der Waals surface area contributed by atoms with Gasteiger partial charge >= 0.3 is 5.97 Å². The average Bonchev–Trinajstić information content (AvgIpc) is 3.07. The number of fused-ring (bicyclic) bond motifs is 1. The summed E-state index contributed by atoms with van der Waals surface area (Å²) < 4.78 is 7.04. The molecule has 1 aromatic heterocycles. The highest BCUT2D eigenvalue weighted by Gasteiger charge is 2.15. The molecule has 0 saturated carbocycles. The van der Waals surface area contributed by atoms with Crippen molar-refractivity contribution in [2.75, 3.05) is 12.3 Å². The van der Waals surface area contributed by atoms with Gasteiger partial charge in [-0.2, -0.15) is 0 Å². The van der Waals surface area contributed by atoms with Crippen molar-refractivity contribution in [3.8, 4) is 0 Å². The van der Waals surface area contributed by atoms with Crippen LogP contribution in [0.25, 0.3) is 10.9 Å². The van der Waals surface area contributed by atoms with Crippen LogP contribution in [0.5, 0.6) is 0 Å². The molecule has 0 radical (unpaired) electrons. The quantitative estimate of drug-likeness (QED) is 0.300. The number of hydrogen-bond acceptors (Lipinski definition) is 6. The zero-order chi connectivity index (χ0) is 23.3. The van der Waals surface area contributed by atoms with E-state index >= 15 is 0 Å². The normalized spacial score (nSPS) is 12.4. The number of nitrogens with two attached hydrogens (primary N) is 2. The van der Waals surface area contributed by atoms with E-state index in [2.05, 4.69) is 10.3 Å². The number of esters is 1. The Kier molecular flexibility index (Phi) is 6.94. The van der Waals surface area contributed by atoms with Gasteiger partial charge in [0.1, 0.15) is 6.54 Å². The Balaban J connectivity index is 1.62. The summed E-state index contributed by atoms with van der Waals surface area (Å²) in [5.74, 6) is -1.02. The highest BCUT2D eigenvalue weighted by atomic mass is 16.5. The number of aryl methyl sites for hydroxylation is 1. The predicted octanol–water partition coefficient (Wildman–Crippen LogP) is 3.17. The molecule has 5 N–H and O–H groups in total. The maximum absolute atomic E-state index is 12.4. The second kappa shape index (κ2) is 9.82. The van der Waals surface area contributed by atoms with Crippen LogP contribution in [0.2, 0.25) is 0 Å². The zero-order valence-electron chi connectivity index (χ0n) is 18.4. The topological polar surface area (TPSA) is 125 Å². The Morgan fingerprint density at radius 1 is 1.09 bits per heavy atom. The van der Waals surface area contributed by atoms with Crippen LogP contribution in [-0.4, -0.2) is 28.8 Å². The third-order valence-electron chi connectivity index (χ3n) is 4.91. The van der Waals surface area contributed by atoms with Crippen molar-refractivity contribution in [3.05, 3.63) is 71.7 Å². The number of para-hydroxylation sites is 3. The number of hydrogen-bond donors (Lipinski definition) is 3. The molecule has 0 aliphatic carbocycles. The van der Waals surface area contributed by atoms with Crippen LogP contribution in [-0.2, 0) is 20.9 Å². The largest absolute Gasteiger partial charge is 0.454 e. The number of carbonyl (C=O) groups is 2. The highest BCUT2D eigenvalue weighted by Crippen LogP contribution is 2.22. The number of allylic oxidation sites excluding steroid dienone is 2. The molecule has 0 unspecified atom stereocenters. The van der Waals surface area contributed by atoms with E-state index in [-0.39, 0.29) is 6.54 Å². The first kappa shape index (κ1) is 22.6. The second-order valence-corrected chi connectivity index (χ2v) is 7.45. The van der Waals surface area contributed by atoms with Gasteiger partial charge in [0.25, 0.3) is 5.91 Å². The lowest BCUT2D eigenvalue weighted by Gasteiger charge is -2.13. The molecule has 0 aliphatic heterocycles. The number of carbonyl (C=O) groups excluding carboxylic acids is 2. The SMILES string of the molecule is CC(=Nc1ccccc1N)C(NC(=O)COC(=O)Cn1c(C)cc2ccccc21)=C(C)N. The molecular formula is C24H27N5O3. The molecule has 8 nitrogen and oxygen atoms in total. The van der Waals surface area contributed by atoms with Crippen LogP contribution in [0.4, 0.5) is 11.4 Å². The van der Waals surface area contributed by atoms with Crippen LogP contribution in [0.15, 0.2) is 71.0 Å². The number of amides is 1. The first-order valence-electron chi connectivity index (χ1n) is 10.1. The van der Waals surface area contributed by atoms with Crippen molar-refractivity contribution in [2.45, 2.75) is 27.3 Å². The van der Waals surface area contributed by atoms with E-state index in [0.717, 1.165) is 16.6 Å². The third kappa shape index (κ3) is 5.34. The van der Waals surface area contributed by atoms with E-state index in [1.54, 1.807) is 26.0 Å². The Hall–Kier alpha value is -4.07. The lowest BCUT2D eigenvalue weighted by atomic mass is 10.2. The molecule has 0 saturated heterocycles. The van der Waals surface area contributed by atoms with Crippen LogP contribution in [0.3, 0.4) is 0 Å². The van der Waals surface area contributed by atoms with Gasteiger partial charge in [0.2, 0.25) is 0 Å². The van der Waals surface area contributed by atoms with Gasteiger partial charge in [-0.05, 0) is 50.4 Å². The average molecular weight is 434 g/mol. The van der Waals surface area contributed by atoms with Crippen molar-refractivity contribution in [1.82, 2.24) is 9.88 Å². The second-order valence-electron chi connectivity index (χ2n) is 7.45. The fourth-order valence-corrected chi connectivity index (χ4v) is 3.35. The summed E-state index contributed by atoms with van der Waals surface area (Å²) in [5, 5.41) is 3.71. The fourth-order valence-electron chi connectivity index (χ4n) is 3.35. The van der Waals surface area contributed by atoms with Gasteiger partial charge < -0.3 is 26.1 Å². The minimum Gasteiger partial charge on any atom is -0.454 e. The van der Waals surface area contributed by atoms with Crippen molar-refractivity contribution in [1.29, 1.82) is 0 Å². The van der Waals surface area contributed by atoms with Crippen molar-refractivity contribution in [3.63, 3.8) is 0 Å². The standard InChI is InChI=1S/C24H27N5O3/c1-15-12-18-8-4-7-11-21(18)29(15)13-23(31)32-14-22(30)28-24(16(2)25)17(3)27-20-10-6-5-9-19(20)26/h4-12H,13-14,25-26H2,1-3H3,(H,28,30). The summed E-state index contributed by atoms with van der Waals surface area (Å²) in [6, 6.07) is 16.9. The molecule has 32 heavy (non-hydrogen) atoms. The maximum atomic E-state index is 12.4. The zero-order valence-corrected chi connectivity index (χ0v) is 18.4. The Morgan fingerprint density at radius 3 is 2.50 bits per heavy atom. The fraction of sp³-hybridized carbons (Fsp3) is 0.208. The van der Waals surface area contributed by atoms with Gasteiger partial charge in [0.05, 0.1) is 22.8 Å². The first-order valence-corrected chi connectivity index (χ1v) is 10.1. The smallest absolute Gasteiger partial charge is 0.326 e. The molecule has 0 atom stereocenters. The van der Waals surface area contributed by atoms with Gasteiger partial charge in [-0.25, -0.2) is 4.99 Å². The van der Waals surface area contributed by atoms with Crippen LogP contribution < -0.4 is 16.8 Å². The predicted molar refractivity (Wildman–Crippen MR) is 126 cm³/mol. The molecule has 0 spiro atoms. The van der Waals surface area contributed by atoms with E-state index in [1.165, 1.54) is 0 Å². The molecular weight excluding hydrogens is 406 g/mol. The van der Waals surface area contributed by atoms with E-state index in [4.69, 9.17) is 16.2 Å². The molecule has 0 aliphatic rings. The van der Waals surface area contributed by atoms with Crippen LogP contribution in [0.1, 0.15) is 19.5 Å². The summed E-state index contributed by atoms with van der Waals surface area (Å²) in [4.78, 5) is 29.2. The summed E-state index contributed by atoms with van der Waals surface area (Å²) >= 11 is 0. The number of nitrogens with zero attached hydrogens (tertiary/aromatic N) is 2. The molecule has 166 valence electrons. The molecule has 3 aromatic rings. The third-order valence-corrected chi connectivity index (χ3v) is 4.91. The number of aliphatic imine (C=N–C) groups is 1. The number of nitrogen functional groups attached to an aromatic ring is 1. The number of nitrogens with one attached hydrogen (secondary N) is 1. The Morgan fingerprint density at radius 2 is 1.78 bits per heavy atom. The van der Waals surface area contributed by atoms with Gasteiger partial charge in [-0.15, -0.1) is 0 Å². The molecule has 3 rings (SSSR count). The molecule has 0 fully saturated rings. The molecule has 0 bridgehead atoms. The van der Waals surface area contributed by atoms with Crippen molar-refractivity contribution in [2.24, 2.45) is 10.7 Å². The molecule has 2 aromatic carbocycles. The number of rotatable bonds is 7. The summed E-state index contributed by atoms with van der Waals surface area (Å²) in [5.41, 5.74) is 16.0. The lowest BCUT2D eigenvalue weighted by molar-refractivity contribution is -0.148. The Bertz CT molecular complexity index is 1220. The van der Waals surface area contributed by atoms with Gasteiger partial charge in [-0.3, -0.25) is 9.59 Å². The van der Waals surface area contributed by atoms with E-state index < -0.39 is 18.5 Å². The molecule has 1 heterocycles. The minimum atomic E-state index is -0.512. The minimum absolute atomic E-state index is 0.0129. The number of aromatic nitrogens is 1.